The lowest BCUT2D eigenvalue weighted by Gasteiger charge is -2.30. The maximum atomic E-state index is 13.3. The van der Waals surface area contributed by atoms with Crippen LogP contribution in [0, 0.1) is 11.3 Å². The zero-order chi connectivity index (χ0) is 18.1. The number of rotatable bonds is 6. The highest BCUT2D eigenvalue weighted by Gasteiger charge is 2.57. The average Bonchev–Trinajstić information content (AvgIpc) is 2.98. The molecule has 3 aliphatic rings. The number of amides is 1. The van der Waals surface area contributed by atoms with Gasteiger partial charge >= 0.3 is 0 Å². The van der Waals surface area contributed by atoms with E-state index in [2.05, 4.69) is 26.7 Å². The SMILES string of the molecule is CCn1ccnc1CN(C(=O)C[C@@H]1CCC[C@H]1N)C1CC12CCNCC2. The molecule has 1 aromatic rings. The van der Waals surface area contributed by atoms with Crippen molar-refractivity contribution in [1.82, 2.24) is 19.8 Å². The molecule has 6 nitrogen and oxygen atoms in total. The number of carbonyl (C=O) groups excluding carboxylic acids is 1. The summed E-state index contributed by atoms with van der Waals surface area (Å²) in [5, 5.41) is 3.46. The van der Waals surface area contributed by atoms with Gasteiger partial charge in [0.05, 0.1) is 6.54 Å². The van der Waals surface area contributed by atoms with Gasteiger partial charge in [-0.15, -0.1) is 0 Å². The largest absolute Gasteiger partial charge is 0.334 e. The number of hydrogen-bond donors (Lipinski definition) is 2. The first-order chi connectivity index (χ1) is 12.6. The van der Waals surface area contributed by atoms with Gasteiger partial charge in [0.2, 0.25) is 5.91 Å². The van der Waals surface area contributed by atoms with E-state index in [4.69, 9.17) is 5.73 Å². The molecular weight excluding hydrogens is 326 g/mol. The third-order valence-electron chi connectivity index (χ3n) is 7.05. The van der Waals surface area contributed by atoms with Gasteiger partial charge in [-0.25, -0.2) is 4.98 Å². The van der Waals surface area contributed by atoms with Gasteiger partial charge in [0.25, 0.3) is 0 Å². The van der Waals surface area contributed by atoms with Crippen LogP contribution in [-0.2, 0) is 17.9 Å². The minimum absolute atomic E-state index is 0.200. The molecule has 2 saturated carbocycles. The zero-order valence-electron chi connectivity index (χ0n) is 16.0. The van der Waals surface area contributed by atoms with Gasteiger partial charge in [-0.3, -0.25) is 4.79 Å². The third-order valence-corrected chi connectivity index (χ3v) is 7.05. The summed E-state index contributed by atoms with van der Waals surface area (Å²) in [7, 11) is 0. The maximum Gasteiger partial charge on any atom is 0.223 e. The fourth-order valence-corrected chi connectivity index (χ4v) is 5.19. The molecule has 2 heterocycles. The van der Waals surface area contributed by atoms with E-state index in [0.29, 0.717) is 36.2 Å². The van der Waals surface area contributed by atoms with Crippen molar-refractivity contribution in [3.8, 4) is 0 Å². The Morgan fingerprint density at radius 2 is 2.23 bits per heavy atom. The summed E-state index contributed by atoms with van der Waals surface area (Å²) in [5.74, 6) is 1.66. The highest BCUT2D eigenvalue weighted by atomic mass is 16.2. The fraction of sp³-hybridized carbons (Fsp3) is 0.800. The molecule has 1 aromatic heterocycles. The molecule has 6 heteroatoms. The molecule has 0 radical (unpaired) electrons. The van der Waals surface area contributed by atoms with Crippen LogP contribution >= 0.6 is 0 Å². The highest BCUT2D eigenvalue weighted by Crippen LogP contribution is 2.56. The van der Waals surface area contributed by atoms with Gasteiger partial charge in [-0.2, -0.15) is 0 Å². The van der Waals surface area contributed by atoms with Gasteiger partial charge in [0.15, 0.2) is 0 Å². The Balaban J connectivity index is 1.50. The molecule has 3 N–H and O–H groups in total. The summed E-state index contributed by atoms with van der Waals surface area (Å²) in [6.07, 6.45) is 11.3. The molecule has 1 spiro atoms. The van der Waals surface area contributed by atoms with Crippen molar-refractivity contribution < 1.29 is 4.79 Å². The summed E-state index contributed by atoms with van der Waals surface area (Å²) in [4.78, 5) is 20.0. The predicted molar refractivity (Wildman–Crippen MR) is 101 cm³/mol. The van der Waals surface area contributed by atoms with Gasteiger partial charge in [0.1, 0.15) is 5.82 Å². The van der Waals surface area contributed by atoms with Crippen molar-refractivity contribution in [2.45, 2.75) is 77.0 Å². The molecule has 1 amide bonds. The number of hydrogen-bond acceptors (Lipinski definition) is 4. The minimum Gasteiger partial charge on any atom is -0.334 e. The minimum atomic E-state index is 0.200. The van der Waals surface area contributed by atoms with E-state index < -0.39 is 0 Å². The number of nitrogens with zero attached hydrogens (tertiary/aromatic N) is 3. The van der Waals surface area contributed by atoms with Crippen molar-refractivity contribution >= 4 is 5.91 Å². The summed E-state index contributed by atoms with van der Waals surface area (Å²) < 4.78 is 2.15. The second-order valence-electron chi connectivity index (χ2n) is 8.54. The summed E-state index contributed by atoms with van der Waals surface area (Å²) in [6, 6.07) is 0.585. The van der Waals surface area contributed by atoms with E-state index in [1.807, 2.05) is 12.4 Å². The molecule has 1 aliphatic heterocycles. The number of imidazole rings is 1. The lowest BCUT2D eigenvalue weighted by Crippen LogP contribution is -2.41. The van der Waals surface area contributed by atoms with Crippen LogP contribution < -0.4 is 11.1 Å². The van der Waals surface area contributed by atoms with Crippen LogP contribution in [0.3, 0.4) is 0 Å². The van der Waals surface area contributed by atoms with Crippen LogP contribution in [0.15, 0.2) is 12.4 Å². The van der Waals surface area contributed by atoms with Crippen LogP contribution in [0.5, 0.6) is 0 Å². The van der Waals surface area contributed by atoms with Crippen molar-refractivity contribution in [2.75, 3.05) is 13.1 Å². The maximum absolute atomic E-state index is 13.3. The second kappa shape index (κ2) is 7.31. The monoisotopic (exact) mass is 359 g/mol. The molecule has 0 bridgehead atoms. The average molecular weight is 360 g/mol. The first kappa shape index (κ1) is 18.0. The van der Waals surface area contributed by atoms with Crippen LogP contribution in [0.25, 0.3) is 0 Å². The van der Waals surface area contributed by atoms with Crippen LogP contribution in [0.4, 0.5) is 0 Å². The number of aryl methyl sites for hydroxylation is 1. The Morgan fingerprint density at radius 3 is 2.92 bits per heavy atom. The Morgan fingerprint density at radius 1 is 1.42 bits per heavy atom. The molecule has 3 atom stereocenters. The molecule has 1 saturated heterocycles. The van der Waals surface area contributed by atoms with E-state index in [1.54, 1.807) is 0 Å². The third kappa shape index (κ3) is 3.41. The highest BCUT2D eigenvalue weighted by molar-refractivity contribution is 5.77. The summed E-state index contributed by atoms with van der Waals surface area (Å²) in [5.41, 5.74) is 6.59. The summed E-state index contributed by atoms with van der Waals surface area (Å²) in [6.45, 7) is 5.82. The van der Waals surface area contributed by atoms with Gasteiger partial charge in [0, 0.05) is 37.4 Å². The Labute approximate surface area is 156 Å². The number of aromatic nitrogens is 2. The first-order valence-corrected chi connectivity index (χ1v) is 10.4. The number of nitrogens with one attached hydrogen (secondary N) is 1. The second-order valence-corrected chi connectivity index (χ2v) is 8.54. The van der Waals surface area contributed by atoms with E-state index in [0.717, 1.165) is 44.7 Å². The Kier molecular flexibility index (Phi) is 5.06. The van der Waals surface area contributed by atoms with Crippen LogP contribution in [-0.4, -0.2) is 45.5 Å². The molecule has 2 aliphatic carbocycles. The van der Waals surface area contributed by atoms with Crippen LogP contribution in [0.2, 0.25) is 0 Å². The van der Waals surface area contributed by atoms with E-state index in [1.165, 1.54) is 19.3 Å². The Hall–Kier alpha value is -1.40. The quantitative estimate of drug-likeness (QED) is 0.813. The smallest absolute Gasteiger partial charge is 0.223 e. The van der Waals surface area contributed by atoms with Crippen molar-refractivity contribution in [3.05, 3.63) is 18.2 Å². The lowest BCUT2D eigenvalue weighted by molar-refractivity contribution is -0.134. The predicted octanol–water partition coefficient (Wildman–Crippen LogP) is 1.89. The lowest BCUT2D eigenvalue weighted by atomic mass is 9.93. The molecule has 144 valence electrons. The molecule has 4 rings (SSSR count). The molecule has 3 fully saturated rings. The van der Waals surface area contributed by atoms with E-state index in [9.17, 15) is 4.79 Å². The Bertz CT molecular complexity index is 636. The van der Waals surface area contributed by atoms with E-state index >= 15 is 0 Å². The zero-order valence-corrected chi connectivity index (χ0v) is 16.0. The number of carbonyl (C=O) groups is 1. The first-order valence-electron chi connectivity index (χ1n) is 10.4. The normalized spacial score (nSPS) is 29.8. The number of nitrogens with two attached hydrogens (primary N) is 1. The standard InChI is InChI=1S/C20H33N5O/c1-2-24-11-10-23-18(24)14-25(17-13-20(17)6-8-22-9-7-20)19(26)12-15-4-3-5-16(15)21/h10-11,15-17,22H,2-9,12-14,21H2,1H3/t15-,16+,17?/m0/s1. The van der Waals surface area contributed by atoms with Crippen LogP contribution in [0.1, 0.15) is 57.7 Å². The summed E-state index contributed by atoms with van der Waals surface area (Å²) >= 11 is 0. The molecule has 26 heavy (non-hydrogen) atoms. The fourth-order valence-electron chi connectivity index (χ4n) is 5.19. The number of piperidine rings is 1. The molecular formula is C20H33N5O. The van der Waals surface area contributed by atoms with Crippen molar-refractivity contribution in [2.24, 2.45) is 17.1 Å². The van der Waals surface area contributed by atoms with Gasteiger partial charge < -0.3 is 20.5 Å². The molecule has 0 aromatic carbocycles. The van der Waals surface area contributed by atoms with E-state index in [-0.39, 0.29) is 6.04 Å². The van der Waals surface area contributed by atoms with Crippen molar-refractivity contribution in [3.63, 3.8) is 0 Å². The molecule has 1 unspecified atom stereocenters. The topological polar surface area (TPSA) is 76.2 Å². The van der Waals surface area contributed by atoms with Crippen molar-refractivity contribution in [1.29, 1.82) is 0 Å². The van der Waals surface area contributed by atoms with Gasteiger partial charge in [-0.1, -0.05) is 6.42 Å². The van der Waals surface area contributed by atoms with Gasteiger partial charge in [-0.05, 0) is 63.5 Å².